The number of Topliss-reactive ketones (excluding diaryl/α,β-unsaturated/α-hetero) is 1. The average molecular weight is 377 g/mol. The number of nitrogens with one attached hydrogen (secondary N) is 1. The molecule has 0 unspecified atom stereocenters. The highest BCUT2D eigenvalue weighted by molar-refractivity contribution is 9.10. The Labute approximate surface area is 140 Å². The van der Waals surface area contributed by atoms with Gasteiger partial charge < -0.3 is 9.84 Å². The van der Waals surface area contributed by atoms with Gasteiger partial charge in [-0.3, -0.25) is 4.79 Å². The van der Waals surface area contributed by atoms with Gasteiger partial charge in [-0.1, -0.05) is 11.2 Å². The summed E-state index contributed by atoms with van der Waals surface area (Å²) in [7, 11) is 0. The predicted octanol–water partition coefficient (Wildman–Crippen LogP) is 4.45. The molecule has 0 saturated carbocycles. The van der Waals surface area contributed by atoms with Crippen molar-refractivity contribution < 1.29 is 13.7 Å². The number of fused-ring (bicyclic) bond motifs is 1. The molecule has 4 nitrogen and oxygen atoms in total. The van der Waals surface area contributed by atoms with Crippen LogP contribution in [-0.4, -0.2) is 10.9 Å². The van der Waals surface area contributed by atoms with E-state index in [0.717, 1.165) is 40.9 Å². The normalized spacial score (nSPS) is 20.1. The van der Waals surface area contributed by atoms with Gasteiger partial charge in [-0.05, 0) is 53.4 Å². The molecule has 0 bridgehead atoms. The third-order valence-corrected chi connectivity index (χ3v) is 5.09. The molecule has 1 aromatic carbocycles. The minimum Gasteiger partial charge on any atom is -0.338 e. The van der Waals surface area contributed by atoms with Gasteiger partial charge in [0.2, 0.25) is 5.88 Å². The number of hydrogen-bond donors (Lipinski definition) is 1. The second kappa shape index (κ2) is 5.30. The van der Waals surface area contributed by atoms with E-state index in [1.165, 1.54) is 6.07 Å². The van der Waals surface area contributed by atoms with E-state index in [1.807, 2.05) is 6.92 Å². The number of nitrogens with zero attached hydrogens (tertiary/aromatic N) is 1. The first kappa shape index (κ1) is 14.6. The lowest BCUT2D eigenvalue weighted by Crippen LogP contribution is -2.26. The molecule has 1 aliphatic heterocycles. The minimum absolute atomic E-state index is 0.135. The lowest BCUT2D eigenvalue weighted by Gasteiger charge is -2.31. The number of carbonyl (C=O) groups is 1. The van der Waals surface area contributed by atoms with Gasteiger partial charge in [0.05, 0.1) is 15.7 Å². The van der Waals surface area contributed by atoms with Crippen molar-refractivity contribution in [1.29, 1.82) is 0 Å². The van der Waals surface area contributed by atoms with Crippen LogP contribution in [0, 0.1) is 12.7 Å². The van der Waals surface area contributed by atoms with Gasteiger partial charge in [0.15, 0.2) is 5.78 Å². The average Bonchev–Trinajstić information content (AvgIpc) is 2.90. The molecule has 0 radical (unpaired) electrons. The van der Waals surface area contributed by atoms with Gasteiger partial charge >= 0.3 is 0 Å². The summed E-state index contributed by atoms with van der Waals surface area (Å²) >= 11 is 3.23. The highest BCUT2D eigenvalue weighted by atomic mass is 79.9. The van der Waals surface area contributed by atoms with Gasteiger partial charge in [-0.15, -0.1) is 0 Å². The second-order valence-corrected chi connectivity index (χ2v) is 6.77. The molecule has 1 atom stereocenters. The third-order valence-electron chi connectivity index (χ3n) is 4.48. The van der Waals surface area contributed by atoms with Crippen molar-refractivity contribution in [1.82, 2.24) is 5.16 Å². The largest absolute Gasteiger partial charge is 0.338 e. The van der Waals surface area contributed by atoms with Gasteiger partial charge in [0.25, 0.3) is 0 Å². The monoisotopic (exact) mass is 376 g/mol. The standard InChI is InChI=1S/C17H14BrFN2O2/c1-8-14-15(9-5-6-11(19)10(18)7-9)16-12(3-2-4-13(16)22)20-17(14)23-21-8/h5-7,15,20H,2-4H2,1H3/t15-/m1/s1. The molecular weight excluding hydrogens is 363 g/mol. The van der Waals surface area contributed by atoms with Crippen LogP contribution in [0.15, 0.2) is 38.5 Å². The van der Waals surface area contributed by atoms with Gasteiger partial charge in [-0.2, -0.15) is 0 Å². The molecular formula is C17H14BrFN2O2. The molecule has 6 heteroatoms. The van der Waals surface area contributed by atoms with Crippen molar-refractivity contribution in [2.24, 2.45) is 0 Å². The Balaban J connectivity index is 1.95. The van der Waals surface area contributed by atoms with Crippen LogP contribution >= 0.6 is 15.9 Å². The summed E-state index contributed by atoms with van der Waals surface area (Å²) in [4.78, 5) is 12.6. The van der Waals surface area contributed by atoms with E-state index < -0.39 is 0 Å². The first-order valence-corrected chi connectivity index (χ1v) is 8.30. The lowest BCUT2D eigenvalue weighted by molar-refractivity contribution is -0.116. The van der Waals surface area contributed by atoms with Crippen LogP contribution in [0.4, 0.5) is 10.3 Å². The fourth-order valence-electron chi connectivity index (χ4n) is 3.44. The number of carbonyl (C=O) groups excluding carboxylic acids is 1. The highest BCUT2D eigenvalue weighted by Crippen LogP contribution is 2.46. The van der Waals surface area contributed by atoms with Crippen LogP contribution in [0.3, 0.4) is 0 Å². The summed E-state index contributed by atoms with van der Waals surface area (Å²) in [5.74, 6) is 0.128. The van der Waals surface area contributed by atoms with Gasteiger partial charge in [0.1, 0.15) is 5.82 Å². The molecule has 1 aliphatic carbocycles. The van der Waals surface area contributed by atoms with E-state index in [0.29, 0.717) is 16.8 Å². The van der Waals surface area contributed by atoms with E-state index >= 15 is 0 Å². The number of halogens is 2. The Morgan fingerprint density at radius 3 is 3.00 bits per heavy atom. The van der Waals surface area contributed by atoms with Crippen LogP contribution in [0.1, 0.15) is 42.0 Å². The van der Waals surface area contributed by atoms with Crippen molar-refractivity contribution in [2.45, 2.75) is 32.1 Å². The Bertz CT molecular complexity index is 856. The van der Waals surface area contributed by atoms with E-state index in [1.54, 1.807) is 12.1 Å². The molecule has 4 rings (SSSR count). The molecule has 1 aromatic heterocycles. The van der Waals surface area contributed by atoms with Crippen molar-refractivity contribution in [3.8, 4) is 0 Å². The zero-order chi connectivity index (χ0) is 16.1. The molecule has 0 saturated heterocycles. The first-order valence-electron chi connectivity index (χ1n) is 7.50. The van der Waals surface area contributed by atoms with Crippen molar-refractivity contribution >= 4 is 27.6 Å². The van der Waals surface area contributed by atoms with Gasteiger partial charge in [0, 0.05) is 23.6 Å². The molecule has 2 aromatic rings. The van der Waals surface area contributed by atoms with Crippen LogP contribution in [0.5, 0.6) is 0 Å². The molecule has 0 amide bonds. The van der Waals surface area contributed by atoms with Crippen molar-refractivity contribution in [2.75, 3.05) is 5.32 Å². The maximum absolute atomic E-state index is 13.6. The maximum atomic E-state index is 13.6. The summed E-state index contributed by atoms with van der Waals surface area (Å²) < 4.78 is 19.4. The number of ketones is 1. The highest BCUT2D eigenvalue weighted by Gasteiger charge is 2.38. The number of aryl methyl sites for hydroxylation is 1. The Kier molecular flexibility index (Phi) is 3.37. The van der Waals surface area contributed by atoms with Crippen LogP contribution in [0.2, 0.25) is 0 Å². The van der Waals surface area contributed by atoms with Crippen molar-refractivity contribution in [3.63, 3.8) is 0 Å². The SMILES string of the molecule is Cc1noc2c1[C@@H](c1ccc(F)c(Br)c1)C1=C(CCCC1=O)N2. The van der Waals surface area contributed by atoms with Crippen LogP contribution in [-0.2, 0) is 4.79 Å². The molecule has 2 aliphatic rings. The molecule has 23 heavy (non-hydrogen) atoms. The fourth-order valence-corrected chi connectivity index (χ4v) is 3.84. The Hall–Kier alpha value is -1.95. The van der Waals surface area contributed by atoms with E-state index in [2.05, 4.69) is 26.4 Å². The van der Waals surface area contributed by atoms with Gasteiger partial charge in [-0.25, -0.2) is 4.39 Å². The smallest absolute Gasteiger partial charge is 0.233 e. The van der Waals surface area contributed by atoms with E-state index in [9.17, 15) is 9.18 Å². The molecule has 0 fully saturated rings. The first-order chi connectivity index (χ1) is 11.1. The predicted molar refractivity (Wildman–Crippen MR) is 86.7 cm³/mol. The number of benzene rings is 1. The lowest BCUT2D eigenvalue weighted by atomic mass is 9.76. The summed E-state index contributed by atoms with van der Waals surface area (Å²) in [5.41, 5.74) is 4.11. The third kappa shape index (κ3) is 2.24. The quantitative estimate of drug-likeness (QED) is 0.798. The fraction of sp³-hybridized carbons (Fsp3) is 0.294. The minimum atomic E-state index is -0.325. The Morgan fingerprint density at radius 1 is 1.39 bits per heavy atom. The van der Waals surface area contributed by atoms with E-state index in [-0.39, 0.29) is 17.5 Å². The van der Waals surface area contributed by atoms with Crippen molar-refractivity contribution in [3.05, 3.63) is 56.6 Å². The van der Waals surface area contributed by atoms with Crippen LogP contribution < -0.4 is 5.32 Å². The van der Waals surface area contributed by atoms with Crippen LogP contribution in [0.25, 0.3) is 0 Å². The zero-order valence-corrected chi connectivity index (χ0v) is 14.0. The number of aromatic nitrogens is 1. The number of allylic oxidation sites excluding steroid dienone is 2. The zero-order valence-electron chi connectivity index (χ0n) is 12.5. The topological polar surface area (TPSA) is 55.1 Å². The molecule has 2 heterocycles. The van der Waals surface area contributed by atoms with E-state index in [4.69, 9.17) is 4.52 Å². The summed E-state index contributed by atoms with van der Waals surface area (Å²) in [6.45, 7) is 1.86. The number of hydrogen-bond acceptors (Lipinski definition) is 4. The number of anilines is 1. The summed E-state index contributed by atoms with van der Waals surface area (Å²) in [5, 5.41) is 7.26. The summed E-state index contributed by atoms with van der Waals surface area (Å²) in [6.07, 6.45) is 2.17. The number of rotatable bonds is 1. The molecule has 1 N–H and O–H groups in total. The second-order valence-electron chi connectivity index (χ2n) is 5.91. The summed E-state index contributed by atoms with van der Waals surface area (Å²) in [6, 6.07) is 4.87. The maximum Gasteiger partial charge on any atom is 0.233 e. The molecule has 118 valence electrons. The Morgan fingerprint density at radius 2 is 2.22 bits per heavy atom. The molecule has 0 spiro atoms.